The van der Waals surface area contributed by atoms with Crippen LogP contribution in [0.4, 0.5) is 0 Å². The standard InChI is InChI=1S/C29H37N3O6/c1-2-37-18-22-12-14-31(15-13-22)16-20-6-8-21(9-7-20)19-38-26-5-3-4-23-24(26)17-32(29(23)36)25(28(30)35)10-11-27(33)34/h3-9,22,25H,2,10-19H2,1H3,(H2,30,35)(H,33,34). The molecule has 2 aromatic carbocycles. The summed E-state index contributed by atoms with van der Waals surface area (Å²) in [6.45, 7) is 7.28. The number of carbonyl (C=O) groups is 3. The van der Waals surface area contributed by atoms with Crippen molar-refractivity contribution in [2.75, 3.05) is 26.3 Å². The number of rotatable bonds is 13. The summed E-state index contributed by atoms with van der Waals surface area (Å²) in [5.41, 5.74) is 8.91. The molecular weight excluding hydrogens is 486 g/mol. The van der Waals surface area contributed by atoms with Crippen LogP contribution in [0.5, 0.6) is 5.75 Å². The number of fused-ring (bicyclic) bond motifs is 1. The predicted octanol–water partition coefficient (Wildman–Crippen LogP) is 3.19. The van der Waals surface area contributed by atoms with Crippen molar-refractivity contribution in [3.8, 4) is 5.75 Å². The lowest BCUT2D eigenvalue weighted by Gasteiger charge is -2.31. The number of ether oxygens (including phenoxy) is 2. The zero-order valence-electron chi connectivity index (χ0n) is 21.9. The Labute approximate surface area is 223 Å². The molecule has 204 valence electrons. The molecule has 9 nitrogen and oxygen atoms in total. The zero-order valence-corrected chi connectivity index (χ0v) is 21.9. The Balaban J connectivity index is 1.32. The SMILES string of the molecule is CCOCC1CCN(Cc2ccc(COc3cccc4c3CN(C(CCC(=O)O)C(N)=O)C4=O)cc2)CC1. The number of likely N-dealkylation sites (tertiary alicyclic amines) is 1. The van der Waals surface area contributed by atoms with E-state index in [4.69, 9.17) is 20.3 Å². The molecule has 1 atom stereocenters. The van der Waals surface area contributed by atoms with E-state index in [9.17, 15) is 14.4 Å². The third-order valence-electron chi connectivity index (χ3n) is 7.38. The van der Waals surface area contributed by atoms with Crippen LogP contribution in [0.1, 0.15) is 59.7 Å². The number of aliphatic carboxylic acids is 1. The van der Waals surface area contributed by atoms with E-state index in [1.54, 1.807) is 18.2 Å². The fraction of sp³-hybridized carbons (Fsp3) is 0.483. The van der Waals surface area contributed by atoms with Crippen LogP contribution in [-0.2, 0) is 34.0 Å². The van der Waals surface area contributed by atoms with Crippen molar-refractivity contribution in [3.63, 3.8) is 0 Å². The van der Waals surface area contributed by atoms with Crippen LogP contribution in [0, 0.1) is 5.92 Å². The number of nitrogens with zero attached hydrogens (tertiary/aromatic N) is 2. The normalized spacial score (nSPS) is 16.9. The number of benzene rings is 2. The van der Waals surface area contributed by atoms with Crippen molar-refractivity contribution in [2.24, 2.45) is 11.7 Å². The first-order valence-corrected chi connectivity index (χ1v) is 13.3. The Kier molecular flexibility index (Phi) is 9.36. The van der Waals surface area contributed by atoms with E-state index in [0.29, 0.717) is 29.4 Å². The highest BCUT2D eigenvalue weighted by Gasteiger charge is 2.37. The molecule has 1 fully saturated rings. The maximum atomic E-state index is 13.0. The third-order valence-corrected chi connectivity index (χ3v) is 7.38. The van der Waals surface area contributed by atoms with Crippen LogP contribution < -0.4 is 10.5 Å². The molecule has 0 bridgehead atoms. The molecule has 2 heterocycles. The average molecular weight is 524 g/mol. The molecule has 1 saturated heterocycles. The summed E-state index contributed by atoms with van der Waals surface area (Å²) < 4.78 is 11.7. The summed E-state index contributed by atoms with van der Waals surface area (Å²) in [6.07, 6.45) is 2.07. The molecule has 0 radical (unpaired) electrons. The van der Waals surface area contributed by atoms with Crippen LogP contribution in [0.2, 0.25) is 0 Å². The van der Waals surface area contributed by atoms with Gasteiger partial charge in [0.1, 0.15) is 18.4 Å². The van der Waals surface area contributed by atoms with E-state index in [0.717, 1.165) is 38.4 Å². The molecule has 1 unspecified atom stereocenters. The minimum absolute atomic E-state index is 0.0295. The van der Waals surface area contributed by atoms with Gasteiger partial charge in [0.25, 0.3) is 5.91 Å². The first-order chi connectivity index (χ1) is 18.4. The number of hydrogen-bond donors (Lipinski definition) is 2. The number of carboxylic acid groups (broad SMARTS) is 1. The number of carboxylic acids is 1. The molecule has 0 aromatic heterocycles. The largest absolute Gasteiger partial charge is 0.489 e. The van der Waals surface area contributed by atoms with Gasteiger partial charge in [0, 0.05) is 37.3 Å². The van der Waals surface area contributed by atoms with Crippen LogP contribution in [0.3, 0.4) is 0 Å². The van der Waals surface area contributed by atoms with Crippen molar-refractivity contribution in [3.05, 3.63) is 64.7 Å². The highest BCUT2D eigenvalue weighted by Crippen LogP contribution is 2.33. The molecule has 38 heavy (non-hydrogen) atoms. The zero-order chi connectivity index (χ0) is 27.1. The summed E-state index contributed by atoms with van der Waals surface area (Å²) in [6, 6.07) is 12.6. The number of primary amides is 1. The highest BCUT2D eigenvalue weighted by atomic mass is 16.5. The van der Waals surface area contributed by atoms with E-state index in [-0.39, 0.29) is 25.3 Å². The smallest absolute Gasteiger partial charge is 0.303 e. The summed E-state index contributed by atoms with van der Waals surface area (Å²) in [4.78, 5) is 39.8. The molecule has 2 aromatic rings. The van der Waals surface area contributed by atoms with Crippen molar-refractivity contribution in [2.45, 2.75) is 58.3 Å². The minimum atomic E-state index is -1.04. The first kappa shape index (κ1) is 27.6. The summed E-state index contributed by atoms with van der Waals surface area (Å²) >= 11 is 0. The Bertz CT molecular complexity index is 1130. The van der Waals surface area contributed by atoms with Gasteiger partial charge in [-0.1, -0.05) is 30.3 Å². The topological polar surface area (TPSA) is 122 Å². The molecule has 4 rings (SSSR count). The van der Waals surface area contributed by atoms with Gasteiger partial charge in [-0.25, -0.2) is 0 Å². The monoisotopic (exact) mass is 523 g/mol. The molecule has 3 N–H and O–H groups in total. The summed E-state index contributed by atoms with van der Waals surface area (Å²) in [7, 11) is 0. The summed E-state index contributed by atoms with van der Waals surface area (Å²) in [5, 5.41) is 9.00. The van der Waals surface area contributed by atoms with Gasteiger partial charge in [-0.2, -0.15) is 0 Å². The molecule has 9 heteroatoms. The second-order valence-electron chi connectivity index (χ2n) is 10.1. The van der Waals surface area contributed by atoms with Crippen molar-refractivity contribution in [1.82, 2.24) is 9.80 Å². The summed E-state index contributed by atoms with van der Waals surface area (Å²) in [5.74, 6) is -0.869. The van der Waals surface area contributed by atoms with Crippen LogP contribution in [-0.4, -0.2) is 65.0 Å². The highest BCUT2D eigenvalue weighted by molar-refractivity contribution is 6.01. The fourth-order valence-electron chi connectivity index (χ4n) is 5.18. The lowest BCUT2D eigenvalue weighted by molar-refractivity contribution is -0.137. The van der Waals surface area contributed by atoms with Crippen LogP contribution in [0.25, 0.3) is 0 Å². The Morgan fingerprint density at radius 1 is 1.11 bits per heavy atom. The quantitative estimate of drug-likeness (QED) is 0.413. The first-order valence-electron chi connectivity index (χ1n) is 13.3. The Hall–Kier alpha value is -3.43. The molecule has 0 aliphatic carbocycles. The number of carbonyl (C=O) groups excluding carboxylic acids is 2. The number of amides is 2. The van der Waals surface area contributed by atoms with Gasteiger partial charge >= 0.3 is 5.97 Å². The van der Waals surface area contributed by atoms with Crippen molar-refractivity contribution >= 4 is 17.8 Å². The molecule has 2 aliphatic rings. The number of piperidine rings is 1. The number of nitrogens with two attached hydrogens (primary N) is 1. The molecular formula is C29H37N3O6. The van der Waals surface area contributed by atoms with Gasteiger partial charge in [0.2, 0.25) is 5.91 Å². The van der Waals surface area contributed by atoms with Crippen LogP contribution in [0.15, 0.2) is 42.5 Å². The predicted molar refractivity (Wildman–Crippen MR) is 141 cm³/mol. The minimum Gasteiger partial charge on any atom is -0.489 e. The van der Waals surface area contributed by atoms with Crippen LogP contribution >= 0.6 is 0 Å². The Morgan fingerprint density at radius 3 is 2.47 bits per heavy atom. The van der Waals surface area contributed by atoms with Gasteiger partial charge in [0.15, 0.2) is 0 Å². The molecule has 2 amide bonds. The van der Waals surface area contributed by atoms with Gasteiger partial charge < -0.3 is 25.2 Å². The number of hydrogen-bond acceptors (Lipinski definition) is 6. The Morgan fingerprint density at radius 2 is 1.82 bits per heavy atom. The third kappa shape index (κ3) is 6.90. The maximum Gasteiger partial charge on any atom is 0.303 e. The lowest BCUT2D eigenvalue weighted by atomic mass is 9.97. The fourth-order valence-corrected chi connectivity index (χ4v) is 5.18. The van der Waals surface area contributed by atoms with E-state index >= 15 is 0 Å². The average Bonchev–Trinajstić information content (AvgIpc) is 3.24. The van der Waals surface area contributed by atoms with Gasteiger partial charge in [-0.15, -0.1) is 0 Å². The van der Waals surface area contributed by atoms with Gasteiger partial charge in [0.05, 0.1) is 6.54 Å². The second-order valence-corrected chi connectivity index (χ2v) is 10.1. The molecule has 0 saturated carbocycles. The van der Waals surface area contributed by atoms with Crippen molar-refractivity contribution < 1.29 is 29.0 Å². The molecule has 0 spiro atoms. The maximum absolute atomic E-state index is 13.0. The second kappa shape index (κ2) is 12.9. The lowest BCUT2D eigenvalue weighted by Crippen LogP contribution is -2.45. The molecule has 2 aliphatic heterocycles. The van der Waals surface area contributed by atoms with Crippen molar-refractivity contribution in [1.29, 1.82) is 0 Å². The van der Waals surface area contributed by atoms with E-state index < -0.39 is 17.9 Å². The van der Waals surface area contributed by atoms with E-state index in [1.165, 1.54) is 23.3 Å². The van der Waals surface area contributed by atoms with Gasteiger partial charge in [-0.3, -0.25) is 19.3 Å². The van der Waals surface area contributed by atoms with E-state index in [2.05, 4.69) is 29.2 Å². The van der Waals surface area contributed by atoms with E-state index in [1.807, 2.05) is 6.92 Å². The van der Waals surface area contributed by atoms with Gasteiger partial charge in [-0.05, 0) is 68.5 Å².